The van der Waals surface area contributed by atoms with Crippen molar-refractivity contribution in [3.8, 4) is 11.3 Å². The predicted octanol–water partition coefficient (Wildman–Crippen LogP) is 3.32. The van der Waals surface area contributed by atoms with E-state index in [1.165, 1.54) is 0 Å². The number of carbonyl (C=O) groups is 1. The van der Waals surface area contributed by atoms with Crippen LogP contribution in [0.1, 0.15) is 26.2 Å². The topological polar surface area (TPSA) is 67.2 Å². The van der Waals surface area contributed by atoms with Gasteiger partial charge in [0, 0.05) is 23.1 Å². The largest absolute Gasteiger partial charge is 0.394 e. The number of hydrogen-bond donors (Lipinski definition) is 2. The number of anilines is 1. The number of aromatic nitrogens is 2. The summed E-state index contributed by atoms with van der Waals surface area (Å²) in [4.78, 5) is 11.9. The third-order valence-electron chi connectivity index (χ3n) is 3.26. The fourth-order valence-corrected chi connectivity index (χ4v) is 2.21. The van der Waals surface area contributed by atoms with E-state index in [1.807, 2.05) is 25.1 Å². The van der Waals surface area contributed by atoms with E-state index in [-0.39, 0.29) is 12.5 Å². The molecule has 2 aromatic rings. The molecule has 5 nitrogen and oxygen atoms in total. The molecular weight excluding hydrogens is 302 g/mol. The van der Waals surface area contributed by atoms with Crippen LogP contribution in [0.2, 0.25) is 5.02 Å². The van der Waals surface area contributed by atoms with Crippen LogP contribution >= 0.6 is 11.6 Å². The van der Waals surface area contributed by atoms with Crippen molar-refractivity contribution in [2.75, 3.05) is 11.9 Å². The number of aliphatic hydroxyl groups excluding tert-OH is 1. The molecule has 0 saturated carbocycles. The number of rotatable bonds is 7. The smallest absolute Gasteiger partial charge is 0.225 e. The number of nitrogens with one attached hydrogen (secondary N) is 1. The molecule has 118 valence electrons. The highest BCUT2D eigenvalue weighted by Crippen LogP contribution is 2.23. The average Bonchev–Trinajstić information content (AvgIpc) is 2.89. The van der Waals surface area contributed by atoms with E-state index in [0.29, 0.717) is 23.8 Å². The van der Waals surface area contributed by atoms with Crippen LogP contribution in [0.25, 0.3) is 11.3 Å². The van der Waals surface area contributed by atoms with Crippen LogP contribution in [0.5, 0.6) is 0 Å². The molecule has 2 N–H and O–H groups in total. The molecular formula is C16H20ClN3O2. The Morgan fingerprint density at radius 1 is 1.36 bits per heavy atom. The minimum atomic E-state index is -0.0421. The summed E-state index contributed by atoms with van der Waals surface area (Å²) in [6, 6.07) is 9.14. The van der Waals surface area contributed by atoms with E-state index in [4.69, 9.17) is 16.7 Å². The fraction of sp³-hybridized carbons (Fsp3) is 0.375. The Bertz CT molecular complexity index is 623. The average molecular weight is 322 g/mol. The van der Waals surface area contributed by atoms with Gasteiger partial charge in [0.2, 0.25) is 5.91 Å². The summed E-state index contributed by atoms with van der Waals surface area (Å²) in [6.45, 7) is 2.33. The SMILES string of the molecule is CCCCC(=O)Nc1cc(-c2ccc(Cl)cc2)nn1CCO. The standard InChI is InChI=1S/C16H20ClN3O2/c1-2-3-4-16(22)18-15-11-14(19-20(15)9-10-21)12-5-7-13(17)8-6-12/h5-8,11,21H,2-4,9-10H2,1H3,(H,18,22). The molecule has 0 spiro atoms. The second kappa shape index (κ2) is 7.96. The molecule has 0 aliphatic heterocycles. The van der Waals surface area contributed by atoms with Gasteiger partial charge in [-0.3, -0.25) is 4.79 Å². The summed E-state index contributed by atoms with van der Waals surface area (Å²) in [5, 5.41) is 17.1. The van der Waals surface area contributed by atoms with Gasteiger partial charge in [0.05, 0.1) is 18.8 Å². The third kappa shape index (κ3) is 4.32. The second-order valence-corrected chi connectivity index (χ2v) is 5.46. The Morgan fingerprint density at radius 3 is 2.73 bits per heavy atom. The van der Waals surface area contributed by atoms with Crippen LogP contribution in [0.4, 0.5) is 5.82 Å². The van der Waals surface area contributed by atoms with Gasteiger partial charge in [-0.25, -0.2) is 4.68 Å². The van der Waals surface area contributed by atoms with E-state index in [2.05, 4.69) is 10.4 Å². The molecule has 1 amide bonds. The van der Waals surface area contributed by atoms with Crippen molar-refractivity contribution in [2.24, 2.45) is 0 Å². The van der Waals surface area contributed by atoms with Crippen molar-refractivity contribution in [1.29, 1.82) is 0 Å². The number of hydrogen-bond acceptors (Lipinski definition) is 3. The highest BCUT2D eigenvalue weighted by atomic mass is 35.5. The van der Waals surface area contributed by atoms with Crippen LogP contribution < -0.4 is 5.32 Å². The third-order valence-corrected chi connectivity index (χ3v) is 3.51. The Labute approximate surface area is 134 Å². The molecule has 1 heterocycles. The van der Waals surface area contributed by atoms with E-state index in [9.17, 15) is 4.79 Å². The monoisotopic (exact) mass is 321 g/mol. The molecule has 0 atom stereocenters. The minimum Gasteiger partial charge on any atom is -0.394 e. The maximum atomic E-state index is 11.9. The molecule has 0 unspecified atom stereocenters. The summed E-state index contributed by atoms with van der Waals surface area (Å²) in [7, 11) is 0. The van der Waals surface area contributed by atoms with Gasteiger partial charge in [-0.15, -0.1) is 0 Å². The maximum Gasteiger partial charge on any atom is 0.225 e. The van der Waals surface area contributed by atoms with Gasteiger partial charge in [0.1, 0.15) is 5.82 Å². The zero-order valence-electron chi connectivity index (χ0n) is 12.6. The van der Waals surface area contributed by atoms with Crippen LogP contribution in [-0.4, -0.2) is 27.4 Å². The lowest BCUT2D eigenvalue weighted by molar-refractivity contribution is -0.116. The molecule has 1 aromatic heterocycles. The Balaban J connectivity index is 2.21. The number of carbonyl (C=O) groups excluding carboxylic acids is 1. The number of aliphatic hydroxyl groups is 1. The van der Waals surface area contributed by atoms with Crippen molar-refractivity contribution in [3.63, 3.8) is 0 Å². The van der Waals surface area contributed by atoms with Crippen LogP contribution in [0, 0.1) is 0 Å². The Hall–Kier alpha value is -1.85. The lowest BCUT2D eigenvalue weighted by Crippen LogP contribution is -2.16. The highest BCUT2D eigenvalue weighted by molar-refractivity contribution is 6.30. The molecule has 0 saturated heterocycles. The van der Waals surface area contributed by atoms with Gasteiger partial charge < -0.3 is 10.4 Å². The molecule has 0 radical (unpaired) electrons. The van der Waals surface area contributed by atoms with E-state index in [1.54, 1.807) is 16.8 Å². The summed E-state index contributed by atoms with van der Waals surface area (Å²) in [6.07, 6.45) is 2.31. The van der Waals surface area contributed by atoms with Crippen molar-refractivity contribution in [1.82, 2.24) is 9.78 Å². The van der Waals surface area contributed by atoms with Gasteiger partial charge in [0.25, 0.3) is 0 Å². The molecule has 6 heteroatoms. The maximum absolute atomic E-state index is 11.9. The predicted molar refractivity (Wildman–Crippen MR) is 87.9 cm³/mol. The first-order valence-corrected chi connectivity index (χ1v) is 7.76. The molecule has 0 aliphatic rings. The molecule has 0 fully saturated rings. The fourth-order valence-electron chi connectivity index (χ4n) is 2.09. The lowest BCUT2D eigenvalue weighted by atomic mass is 10.1. The number of nitrogens with zero attached hydrogens (tertiary/aromatic N) is 2. The summed E-state index contributed by atoms with van der Waals surface area (Å²) >= 11 is 5.89. The van der Waals surface area contributed by atoms with Crippen LogP contribution in [0.3, 0.4) is 0 Å². The van der Waals surface area contributed by atoms with Crippen molar-refractivity contribution < 1.29 is 9.90 Å². The lowest BCUT2D eigenvalue weighted by Gasteiger charge is -2.06. The van der Waals surface area contributed by atoms with Crippen LogP contribution in [0.15, 0.2) is 30.3 Å². The van der Waals surface area contributed by atoms with Crippen molar-refractivity contribution >= 4 is 23.3 Å². The van der Waals surface area contributed by atoms with Gasteiger partial charge >= 0.3 is 0 Å². The zero-order chi connectivity index (χ0) is 15.9. The quantitative estimate of drug-likeness (QED) is 0.822. The summed E-state index contributed by atoms with van der Waals surface area (Å²) in [5.74, 6) is 0.559. The Kier molecular flexibility index (Phi) is 5.98. The van der Waals surface area contributed by atoms with E-state index < -0.39 is 0 Å². The summed E-state index contributed by atoms with van der Waals surface area (Å²) < 4.78 is 1.60. The molecule has 22 heavy (non-hydrogen) atoms. The van der Waals surface area contributed by atoms with Crippen LogP contribution in [-0.2, 0) is 11.3 Å². The first-order valence-electron chi connectivity index (χ1n) is 7.38. The molecule has 0 aliphatic carbocycles. The summed E-state index contributed by atoms with van der Waals surface area (Å²) in [5.41, 5.74) is 1.64. The number of halogens is 1. The van der Waals surface area contributed by atoms with Gasteiger partial charge in [-0.1, -0.05) is 37.1 Å². The van der Waals surface area contributed by atoms with Crippen molar-refractivity contribution in [3.05, 3.63) is 35.4 Å². The highest BCUT2D eigenvalue weighted by Gasteiger charge is 2.12. The van der Waals surface area contributed by atoms with E-state index >= 15 is 0 Å². The molecule has 2 rings (SSSR count). The number of unbranched alkanes of at least 4 members (excludes halogenated alkanes) is 1. The molecule has 1 aromatic carbocycles. The zero-order valence-corrected chi connectivity index (χ0v) is 13.3. The first-order chi connectivity index (χ1) is 10.6. The van der Waals surface area contributed by atoms with Crippen molar-refractivity contribution in [2.45, 2.75) is 32.7 Å². The molecule has 0 bridgehead atoms. The van der Waals surface area contributed by atoms with E-state index in [0.717, 1.165) is 24.1 Å². The number of benzene rings is 1. The number of amides is 1. The first kappa shape index (κ1) is 16.5. The van der Waals surface area contributed by atoms with Gasteiger partial charge in [-0.05, 0) is 18.6 Å². The normalized spacial score (nSPS) is 10.7. The van der Waals surface area contributed by atoms with Gasteiger partial charge in [-0.2, -0.15) is 5.10 Å². The van der Waals surface area contributed by atoms with Gasteiger partial charge in [0.15, 0.2) is 0 Å². The second-order valence-electron chi connectivity index (χ2n) is 5.02. The Morgan fingerprint density at radius 2 is 2.09 bits per heavy atom. The minimum absolute atomic E-state index is 0.0383.